The molecule has 1 aromatic carbocycles. The molecular formula is C17H22F3NO4. The summed E-state index contributed by atoms with van der Waals surface area (Å²) in [6.45, 7) is 4.21. The standard InChI is InChI=1S/C17H22F3NO4/c1-11(2)25-10-4-8-21(9-7-14(22)24-3)17(23)12-5-6-13(18)16(20)15(12)19/h5-6,11H,4,7-10H2,1-3H3. The summed E-state index contributed by atoms with van der Waals surface area (Å²) in [5.74, 6) is -6.00. The highest BCUT2D eigenvalue weighted by atomic mass is 19.2. The molecule has 0 atom stereocenters. The fraction of sp³-hybridized carbons (Fsp3) is 0.529. The number of esters is 1. The average Bonchev–Trinajstić information content (AvgIpc) is 2.58. The Morgan fingerprint density at radius 3 is 2.40 bits per heavy atom. The highest BCUT2D eigenvalue weighted by molar-refractivity contribution is 5.94. The molecule has 0 radical (unpaired) electrons. The maximum Gasteiger partial charge on any atom is 0.307 e. The van der Waals surface area contributed by atoms with Gasteiger partial charge in [0.1, 0.15) is 0 Å². The Kier molecular flexibility index (Phi) is 8.40. The second-order valence-corrected chi connectivity index (χ2v) is 5.61. The molecule has 0 N–H and O–H groups in total. The fourth-order valence-corrected chi connectivity index (χ4v) is 2.08. The van der Waals surface area contributed by atoms with Crippen molar-refractivity contribution in [1.82, 2.24) is 4.90 Å². The molecule has 0 aliphatic rings. The van der Waals surface area contributed by atoms with Crippen LogP contribution in [0.2, 0.25) is 0 Å². The van der Waals surface area contributed by atoms with Crippen molar-refractivity contribution in [2.75, 3.05) is 26.8 Å². The van der Waals surface area contributed by atoms with Crippen molar-refractivity contribution in [3.8, 4) is 0 Å². The van der Waals surface area contributed by atoms with Gasteiger partial charge in [0.15, 0.2) is 17.5 Å². The molecule has 0 fully saturated rings. The number of ether oxygens (including phenoxy) is 2. The molecule has 0 heterocycles. The van der Waals surface area contributed by atoms with Crippen LogP contribution >= 0.6 is 0 Å². The van der Waals surface area contributed by atoms with Crippen LogP contribution in [0, 0.1) is 17.5 Å². The van der Waals surface area contributed by atoms with Gasteiger partial charge in [0.2, 0.25) is 0 Å². The predicted molar refractivity (Wildman–Crippen MR) is 84.6 cm³/mol. The van der Waals surface area contributed by atoms with E-state index in [0.717, 1.165) is 6.07 Å². The Bertz CT molecular complexity index is 608. The third-order valence-corrected chi connectivity index (χ3v) is 3.39. The van der Waals surface area contributed by atoms with Crippen LogP contribution in [0.4, 0.5) is 13.2 Å². The number of carbonyl (C=O) groups excluding carboxylic acids is 2. The Morgan fingerprint density at radius 1 is 1.12 bits per heavy atom. The van der Waals surface area contributed by atoms with Gasteiger partial charge in [-0.15, -0.1) is 0 Å². The quantitative estimate of drug-likeness (QED) is 0.386. The van der Waals surface area contributed by atoms with Crippen LogP contribution in [0.15, 0.2) is 12.1 Å². The molecule has 0 spiro atoms. The van der Waals surface area contributed by atoms with Gasteiger partial charge in [-0.2, -0.15) is 0 Å². The first-order valence-electron chi connectivity index (χ1n) is 7.89. The summed E-state index contributed by atoms with van der Waals surface area (Å²) in [5.41, 5.74) is -0.589. The second-order valence-electron chi connectivity index (χ2n) is 5.61. The van der Waals surface area contributed by atoms with E-state index in [-0.39, 0.29) is 25.6 Å². The smallest absolute Gasteiger partial charge is 0.307 e. The van der Waals surface area contributed by atoms with Crippen LogP contribution in [-0.4, -0.2) is 49.7 Å². The SMILES string of the molecule is COC(=O)CCN(CCCOC(C)C)C(=O)c1ccc(F)c(F)c1F. The number of rotatable bonds is 9. The molecule has 0 aliphatic heterocycles. The number of hydrogen-bond acceptors (Lipinski definition) is 4. The monoisotopic (exact) mass is 361 g/mol. The highest BCUT2D eigenvalue weighted by Gasteiger charge is 2.23. The number of benzene rings is 1. The summed E-state index contributed by atoms with van der Waals surface area (Å²) in [7, 11) is 1.21. The lowest BCUT2D eigenvalue weighted by molar-refractivity contribution is -0.140. The van der Waals surface area contributed by atoms with Crippen molar-refractivity contribution in [2.45, 2.75) is 32.8 Å². The second kappa shape index (κ2) is 10.0. The van der Waals surface area contributed by atoms with Gasteiger partial charge in [0.25, 0.3) is 5.91 Å². The molecule has 5 nitrogen and oxygen atoms in total. The Hall–Kier alpha value is -2.09. The summed E-state index contributed by atoms with van der Waals surface area (Å²) in [6, 6.07) is 1.57. The molecule has 0 saturated carbocycles. The topological polar surface area (TPSA) is 55.8 Å². The minimum atomic E-state index is -1.71. The van der Waals surface area contributed by atoms with Gasteiger partial charge in [-0.05, 0) is 32.4 Å². The van der Waals surface area contributed by atoms with Crippen LogP contribution < -0.4 is 0 Å². The van der Waals surface area contributed by atoms with E-state index in [1.165, 1.54) is 12.0 Å². The first-order valence-corrected chi connectivity index (χ1v) is 7.89. The minimum absolute atomic E-state index is 0.0165. The Labute approximate surface area is 144 Å². The van der Waals surface area contributed by atoms with Gasteiger partial charge in [-0.1, -0.05) is 0 Å². The zero-order chi connectivity index (χ0) is 19.0. The third-order valence-electron chi connectivity index (χ3n) is 3.39. The molecule has 1 aromatic rings. The van der Waals surface area contributed by atoms with Crippen molar-refractivity contribution < 1.29 is 32.2 Å². The lowest BCUT2D eigenvalue weighted by atomic mass is 10.1. The van der Waals surface area contributed by atoms with Crippen molar-refractivity contribution in [2.24, 2.45) is 0 Å². The summed E-state index contributed by atoms with van der Waals surface area (Å²) < 4.78 is 50.1. The Morgan fingerprint density at radius 2 is 1.80 bits per heavy atom. The van der Waals surface area contributed by atoms with Crippen LogP contribution in [0.1, 0.15) is 37.0 Å². The van der Waals surface area contributed by atoms with E-state index in [1.807, 2.05) is 13.8 Å². The van der Waals surface area contributed by atoms with E-state index >= 15 is 0 Å². The minimum Gasteiger partial charge on any atom is -0.469 e. The number of halogens is 3. The molecule has 0 aromatic heterocycles. The molecular weight excluding hydrogens is 339 g/mol. The number of carbonyl (C=O) groups is 2. The number of methoxy groups -OCH3 is 1. The fourth-order valence-electron chi connectivity index (χ4n) is 2.08. The van der Waals surface area contributed by atoms with E-state index in [2.05, 4.69) is 4.74 Å². The van der Waals surface area contributed by atoms with Crippen LogP contribution in [-0.2, 0) is 14.3 Å². The van der Waals surface area contributed by atoms with Gasteiger partial charge in [-0.3, -0.25) is 9.59 Å². The third kappa shape index (κ3) is 6.38. The molecule has 25 heavy (non-hydrogen) atoms. The molecule has 0 unspecified atom stereocenters. The van der Waals surface area contributed by atoms with Crippen molar-refractivity contribution in [1.29, 1.82) is 0 Å². The molecule has 1 amide bonds. The predicted octanol–water partition coefficient (Wildman–Crippen LogP) is 2.92. The van der Waals surface area contributed by atoms with Crippen molar-refractivity contribution in [3.05, 3.63) is 35.1 Å². The molecule has 0 aliphatic carbocycles. The summed E-state index contributed by atoms with van der Waals surface area (Å²) in [5, 5.41) is 0. The maximum absolute atomic E-state index is 13.9. The molecule has 0 bridgehead atoms. The van der Waals surface area contributed by atoms with Crippen molar-refractivity contribution >= 4 is 11.9 Å². The zero-order valence-electron chi connectivity index (χ0n) is 14.5. The molecule has 8 heteroatoms. The largest absolute Gasteiger partial charge is 0.469 e. The highest BCUT2D eigenvalue weighted by Crippen LogP contribution is 2.17. The number of hydrogen-bond donors (Lipinski definition) is 0. The number of nitrogens with zero attached hydrogens (tertiary/aromatic N) is 1. The molecule has 0 saturated heterocycles. The summed E-state index contributed by atoms with van der Waals surface area (Å²) >= 11 is 0. The van der Waals surface area contributed by atoms with Crippen LogP contribution in [0.25, 0.3) is 0 Å². The van der Waals surface area contributed by atoms with E-state index in [1.54, 1.807) is 0 Å². The molecule has 140 valence electrons. The summed E-state index contributed by atoms with van der Waals surface area (Å²) in [4.78, 5) is 24.9. The van der Waals surface area contributed by atoms with E-state index in [9.17, 15) is 22.8 Å². The van der Waals surface area contributed by atoms with Gasteiger partial charge in [0.05, 0.1) is 25.2 Å². The van der Waals surface area contributed by atoms with Gasteiger partial charge in [-0.25, -0.2) is 13.2 Å². The average molecular weight is 361 g/mol. The van der Waals surface area contributed by atoms with E-state index < -0.39 is 34.9 Å². The summed E-state index contributed by atoms with van der Waals surface area (Å²) in [6.07, 6.45) is 0.359. The van der Waals surface area contributed by atoms with Gasteiger partial charge >= 0.3 is 5.97 Å². The normalized spacial score (nSPS) is 10.8. The first-order chi connectivity index (χ1) is 11.8. The number of amides is 1. The maximum atomic E-state index is 13.9. The Balaban J connectivity index is 2.87. The zero-order valence-corrected chi connectivity index (χ0v) is 14.5. The lowest BCUT2D eigenvalue weighted by Gasteiger charge is -2.23. The van der Waals surface area contributed by atoms with Crippen molar-refractivity contribution in [3.63, 3.8) is 0 Å². The van der Waals surface area contributed by atoms with E-state index in [0.29, 0.717) is 19.1 Å². The van der Waals surface area contributed by atoms with Gasteiger partial charge < -0.3 is 14.4 Å². The molecule has 1 rings (SSSR count). The van der Waals surface area contributed by atoms with Gasteiger partial charge in [0, 0.05) is 19.7 Å². The van der Waals surface area contributed by atoms with Crippen LogP contribution in [0.3, 0.4) is 0 Å². The first kappa shape index (κ1) is 21.0. The lowest BCUT2D eigenvalue weighted by Crippen LogP contribution is -2.35. The van der Waals surface area contributed by atoms with Crippen LogP contribution in [0.5, 0.6) is 0 Å². The van der Waals surface area contributed by atoms with E-state index in [4.69, 9.17) is 4.74 Å².